The minimum atomic E-state index is -0.568. The molecule has 4 nitrogen and oxygen atoms in total. The third kappa shape index (κ3) is 1.96. The molecule has 0 spiro atoms. The lowest BCUT2D eigenvalue weighted by Gasteiger charge is -2.04. The van der Waals surface area contributed by atoms with Crippen molar-refractivity contribution in [3.8, 4) is 11.8 Å². The van der Waals surface area contributed by atoms with Gasteiger partial charge in [-0.05, 0) is 34.7 Å². The second-order valence-corrected chi connectivity index (χ2v) is 3.54. The Labute approximate surface area is 94.2 Å². The summed E-state index contributed by atoms with van der Waals surface area (Å²) in [5.74, 6) is -0.691. The maximum atomic E-state index is 11.2. The Bertz CT molecular complexity index is 423. The second kappa shape index (κ2) is 4.28. The minimum absolute atomic E-state index is 0.123. The normalized spacial score (nSPS) is 9.21. The van der Waals surface area contributed by atoms with Crippen LogP contribution in [0, 0.1) is 14.9 Å². The lowest BCUT2D eigenvalue weighted by molar-refractivity contribution is 0.0599. The fraction of sp³-hybridized carbons (Fsp3) is 0.111. The van der Waals surface area contributed by atoms with Crippen LogP contribution in [0.2, 0.25) is 0 Å². The predicted octanol–water partition coefficient (Wildman–Crippen LogP) is 1.66. The molecule has 0 saturated heterocycles. The van der Waals surface area contributed by atoms with E-state index in [-0.39, 0.29) is 16.9 Å². The number of hydrogen-bond acceptors (Lipinski definition) is 4. The standard InChI is InChI=1S/C9H6INO3/c1-14-9(13)7-3-6(12)2-5(4-11)8(7)10/h2-3,12H,1H3. The number of carbonyl (C=O) groups excluding carboxylic acids is 1. The Morgan fingerprint density at radius 1 is 1.64 bits per heavy atom. The van der Waals surface area contributed by atoms with Crippen LogP contribution in [0.4, 0.5) is 0 Å². The fourth-order valence-corrected chi connectivity index (χ4v) is 1.60. The smallest absolute Gasteiger partial charge is 0.339 e. The summed E-state index contributed by atoms with van der Waals surface area (Å²) >= 11 is 1.86. The highest BCUT2D eigenvalue weighted by Crippen LogP contribution is 2.23. The second-order valence-electron chi connectivity index (χ2n) is 2.46. The van der Waals surface area contributed by atoms with Crippen LogP contribution in [0.5, 0.6) is 5.75 Å². The molecule has 0 amide bonds. The first-order valence-electron chi connectivity index (χ1n) is 3.61. The molecular formula is C9H6INO3. The lowest BCUT2D eigenvalue weighted by Crippen LogP contribution is -2.04. The van der Waals surface area contributed by atoms with Crippen molar-refractivity contribution >= 4 is 28.6 Å². The fourth-order valence-electron chi connectivity index (χ4n) is 0.949. The van der Waals surface area contributed by atoms with Gasteiger partial charge in [-0.1, -0.05) is 0 Å². The number of hydrogen-bond donors (Lipinski definition) is 1. The first-order chi connectivity index (χ1) is 6.60. The summed E-state index contributed by atoms with van der Waals surface area (Å²) in [6.07, 6.45) is 0. The van der Waals surface area contributed by atoms with Crippen molar-refractivity contribution in [1.82, 2.24) is 0 Å². The van der Waals surface area contributed by atoms with Crippen LogP contribution in [0.1, 0.15) is 15.9 Å². The third-order valence-electron chi connectivity index (χ3n) is 1.58. The number of phenols is 1. The number of carbonyl (C=O) groups is 1. The molecule has 0 saturated carbocycles. The highest BCUT2D eigenvalue weighted by Gasteiger charge is 2.15. The van der Waals surface area contributed by atoms with Gasteiger partial charge in [-0.3, -0.25) is 0 Å². The zero-order chi connectivity index (χ0) is 10.7. The first kappa shape index (κ1) is 10.8. The van der Waals surface area contributed by atoms with Gasteiger partial charge in [-0.15, -0.1) is 0 Å². The molecule has 0 aromatic heterocycles. The molecular weight excluding hydrogens is 297 g/mol. The van der Waals surface area contributed by atoms with Crippen molar-refractivity contribution in [2.24, 2.45) is 0 Å². The molecule has 0 unspecified atom stereocenters. The van der Waals surface area contributed by atoms with E-state index in [1.807, 2.05) is 28.7 Å². The largest absolute Gasteiger partial charge is 0.508 e. The van der Waals surface area contributed by atoms with E-state index in [4.69, 9.17) is 5.26 Å². The minimum Gasteiger partial charge on any atom is -0.508 e. The summed E-state index contributed by atoms with van der Waals surface area (Å²) in [5, 5.41) is 17.9. The van der Waals surface area contributed by atoms with Crippen molar-refractivity contribution in [3.63, 3.8) is 0 Å². The third-order valence-corrected chi connectivity index (χ3v) is 2.75. The van der Waals surface area contributed by atoms with Gasteiger partial charge < -0.3 is 9.84 Å². The number of aromatic hydroxyl groups is 1. The van der Waals surface area contributed by atoms with Crippen molar-refractivity contribution in [1.29, 1.82) is 5.26 Å². The van der Waals surface area contributed by atoms with Gasteiger partial charge in [0.05, 0.1) is 18.2 Å². The van der Waals surface area contributed by atoms with E-state index in [1.165, 1.54) is 19.2 Å². The molecule has 0 bridgehead atoms. The van der Waals surface area contributed by atoms with Crippen molar-refractivity contribution < 1.29 is 14.6 Å². The van der Waals surface area contributed by atoms with Gasteiger partial charge in [0.2, 0.25) is 0 Å². The number of rotatable bonds is 1. The summed E-state index contributed by atoms with van der Waals surface area (Å²) in [4.78, 5) is 11.2. The van der Waals surface area contributed by atoms with E-state index < -0.39 is 5.97 Å². The van der Waals surface area contributed by atoms with Gasteiger partial charge in [-0.2, -0.15) is 5.26 Å². The van der Waals surface area contributed by atoms with Crippen LogP contribution in [0.3, 0.4) is 0 Å². The molecule has 0 aliphatic rings. The Balaban J connectivity index is 3.38. The quantitative estimate of drug-likeness (QED) is 0.632. The van der Waals surface area contributed by atoms with Crippen molar-refractivity contribution in [2.45, 2.75) is 0 Å². The van der Waals surface area contributed by atoms with E-state index in [1.54, 1.807) is 0 Å². The summed E-state index contributed by atoms with van der Waals surface area (Å²) in [6, 6.07) is 4.45. The molecule has 1 aromatic rings. The summed E-state index contributed by atoms with van der Waals surface area (Å²) in [6.45, 7) is 0. The Morgan fingerprint density at radius 2 is 2.29 bits per heavy atom. The monoisotopic (exact) mass is 303 g/mol. The molecule has 5 heteroatoms. The average Bonchev–Trinajstić information content (AvgIpc) is 2.19. The molecule has 0 fully saturated rings. The number of methoxy groups -OCH3 is 1. The molecule has 0 aliphatic heterocycles. The van der Waals surface area contributed by atoms with Gasteiger partial charge >= 0.3 is 5.97 Å². The number of nitrogens with zero attached hydrogens (tertiary/aromatic N) is 1. The molecule has 14 heavy (non-hydrogen) atoms. The lowest BCUT2D eigenvalue weighted by atomic mass is 10.1. The van der Waals surface area contributed by atoms with E-state index in [0.717, 1.165) is 0 Å². The van der Waals surface area contributed by atoms with Gasteiger partial charge in [0.1, 0.15) is 11.8 Å². The van der Waals surface area contributed by atoms with Gasteiger partial charge in [-0.25, -0.2) is 4.79 Å². The topological polar surface area (TPSA) is 70.3 Å². The maximum absolute atomic E-state index is 11.2. The van der Waals surface area contributed by atoms with Gasteiger partial charge in [0.15, 0.2) is 0 Å². The van der Waals surface area contributed by atoms with Crippen LogP contribution in [0.15, 0.2) is 12.1 Å². The molecule has 0 atom stereocenters. The van der Waals surface area contributed by atoms with Crippen LogP contribution in [-0.2, 0) is 4.74 Å². The first-order valence-corrected chi connectivity index (χ1v) is 4.69. The van der Waals surface area contributed by atoms with E-state index in [9.17, 15) is 9.90 Å². The Hall–Kier alpha value is -1.29. The number of halogens is 1. The van der Waals surface area contributed by atoms with Crippen LogP contribution >= 0.6 is 22.6 Å². The zero-order valence-electron chi connectivity index (χ0n) is 7.24. The SMILES string of the molecule is COC(=O)c1cc(O)cc(C#N)c1I. The van der Waals surface area contributed by atoms with Crippen molar-refractivity contribution in [3.05, 3.63) is 26.8 Å². The van der Waals surface area contributed by atoms with Crippen LogP contribution < -0.4 is 0 Å². The number of ether oxygens (including phenoxy) is 1. The van der Waals surface area contributed by atoms with E-state index in [2.05, 4.69) is 4.74 Å². The summed E-state index contributed by atoms with van der Waals surface area (Å²) in [7, 11) is 1.24. The number of phenolic OH excluding ortho intramolecular Hbond substituents is 1. The molecule has 1 rings (SSSR count). The average molecular weight is 303 g/mol. The number of nitriles is 1. The molecule has 0 heterocycles. The predicted molar refractivity (Wildman–Crippen MR) is 56.9 cm³/mol. The maximum Gasteiger partial charge on any atom is 0.339 e. The zero-order valence-corrected chi connectivity index (χ0v) is 9.40. The Morgan fingerprint density at radius 3 is 2.79 bits per heavy atom. The van der Waals surface area contributed by atoms with Gasteiger partial charge in [0.25, 0.3) is 0 Å². The molecule has 0 aliphatic carbocycles. The van der Waals surface area contributed by atoms with Crippen LogP contribution in [0.25, 0.3) is 0 Å². The number of benzene rings is 1. The Kier molecular flexibility index (Phi) is 3.30. The summed E-state index contributed by atoms with van der Waals surface area (Å²) in [5.41, 5.74) is 0.454. The van der Waals surface area contributed by atoms with Crippen molar-refractivity contribution in [2.75, 3.05) is 7.11 Å². The number of esters is 1. The molecule has 1 aromatic carbocycles. The van der Waals surface area contributed by atoms with Crippen LogP contribution in [-0.4, -0.2) is 18.2 Å². The van der Waals surface area contributed by atoms with Gasteiger partial charge in [0, 0.05) is 3.57 Å². The highest BCUT2D eigenvalue weighted by atomic mass is 127. The molecule has 1 N–H and O–H groups in total. The van der Waals surface area contributed by atoms with E-state index in [0.29, 0.717) is 3.57 Å². The van der Waals surface area contributed by atoms with E-state index >= 15 is 0 Å². The summed E-state index contributed by atoms with van der Waals surface area (Å²) < 4.78 is 4.99. The molecule has 0 radical (unpaired) electrons. The highest BCUT2D eigenvalue weighted by molar-refractivity contribution is 14.1. The molecule has 72 valence electrons.